The molecule has 0 aromatic rings. The minimum atomic E-state index is -0.948. The lowest BCUT2D eigenvalue weighted by molar-refractivity contribution is -0.142. The van der Waals surface area contributed by atoms with Crippen LogP contribution in [0.5, 0.6) is 0 Å². The van der Waals surface area contributed by atoms with Crippen LogP contribution < -0.4 is 10.6 Å². The zero-order chi connectivity index (χ0) is 14.5. The highest BCUT2D eigenvalue weighted by Crippen LogP contribution is 2.17. The molecule has 0 bridgehead atoms. The largest absolute Gasteiger partial charge is 0.480 e. The lowest BCUT2D eigenvalue weighted by atomic mass is 10.1. The van der Waals surface area contributed by atoms with Crippen molar-refractivity contribution in [2.24, 2.45) is 0 Å². The van der Waals surface area contributed by atoms with Gasteiger partial charge in [0.1, 0.15) is 6.04 Å². The molecule has 20 heavy (non-hydrogen) atoms. The third-order valence-corrected chi connectivity index (χ3v) is 3.88. The molecular weight excluding hydrogens is 262 g/mol. The lowest BCUT2D eigenvalue weighted by Crippen LogP contribution is -2.51. The van der Waals surface area contributed by atoms with Crippen molar-refractivity contribution in [3.63, 3.8) is 0 Å². The van der Waals surface area contributed by atoms with Crippen LogP contribution in [0.4, 0.5) is 4.79 Å². The number of likely N-dealkylation sites (tertiary alicyclic amines) is 1. The van der Waals surface area contributed by atoms with Crippen molar-refractivity contribution >= 4 is 17.9 Å². The van der Waals surface area contributed by atoms with Crippen LogP contribution in [0.15, 0.2) is 0 Å². The van der Waals surface area contributed by atoms with Gasteiger partial charge < -0.3 is 20.6 Å². The number of nitrogens with one attached hydrogen (secondary N) is 2. The maximum Gasteiger partial charge on any atom is 0.326 e. The molecule has 2 fully saturated rings. The molecule has 2 aliphatic rings. The zero-order valence-electron chi connectivity index (χ0n) is 11.4. The van der Waals surface area contributed by atoms with E-state index < -0.39 is 12.0 Å². The number of urea groups is 1. The standard InChI is InChI=1S/C13H21N3O4/c17-11-6-5-9(15-11)8-14-13(20)16-7-3-1-2-4-10(16)12(18)19/h9-10H,1-8H2,(H,14,20)(H,15,17)(H,18,19). The molecule has 2 unspecified atom stereocenters. The van der Waals surface area contributed by atoms with Gasteiger partial charge in [-0.15, -0.1) is 0 Å². The normalized spacial score (nSPS) is 26.8. The topological polar surface area (TPSA) is 98.7 Å². The Bertz CT molecular complexity index is 399. The fourth-order valence-corrected chi connectivity index (χ4v) is 2.75. The van der Waals surface area contributed by atoms with E-state index in [1.54, 1.807) is 0 Å². The Morgan fingerprint density at radius 1 is 1.30 bits per heavy atom. The van der Waals surface area contributed by atoms with E-state index in [1.165, 1.54) is 4.90 Å². The molecule has 7 nitrogen and oxygen atoms in total. The van der Waals surface area contributed by atoms with Gasteiger partial charge in [0.05, 0.1) is 0 Å². The van der Waals surface area contributed by atoms with Crippen LogP contribution in [0.1, 0.15) is 38.5 Å². The van der Waals surface area contributed by atoms with Gasteiger partial charge in [0, 0.05) is 25.6 Å². The summed E-state index contributed by atoms with van der Waals surface area (Å²) in [6.45, 7) is 0.827. The monoisotopic (exact) mass is 283 g/mol. The second-order valence-corrected chi connectivity index (χ2v) is 5.39. The Balaban J connectivity index is 1.88. The number of carboxylic acid groups (broad SMARTS) is 1. The van der Waals surface area contributed by atoms with E-state index in [-0.39, 0.29) is 18.0 Å². The first-order valence-electron chi connectivity index (χ1n) is 7.14. The number of rotatable bonds is 3. The van der Waals surface area contributed by atoms with Gasteiger partial charge in [-0.05, 0) is 19.3 Å². The van der Waals surface area contributed by atoms with E-state index >= 15 is 0 Å². The van der Waals surface area contributed by atoms with Crippen LogP contribution >= 0.6 is 0 Å². The predicted molar refractivity (Wildman–Crippen MR) is 71.2 cm³/mol. The van der Waals surface area contributed by atoms with E-state index in [9.17, 15) is 19.5 Å². The van der Waals surface area contributed by atoms with Crippen molar-refractivity contribution in [2.75, 3.05) is 13.1 Å². The smallest absolute Gasteiger partial charge is 0.326 e. The van der Waals surface area contributed by atoms with Crippen molar-refractivity contribution < 1.29 is 19.5 Å². The molecule has 0 aromatic carbocycles. The van der Waals surface area contributed by atoms with Gasteiger partial charge in [-0.3, -0.25) is 4.79 Å². The van der Waals surface area contributed by atoms with Crippen molar-refractivity contribution in [2.45, 2.75) is 50.6 Å². The summed E-state index contributed by atoms with van der Waals surface area (Å²) in [7, 11) is 0. The Morgan fingerprint density at radius 2 is 2.10 bits per heavy atom. The van der Waals surface area contributed by atoms with Crippen LogP contribution in [-0.4, -0.2) is 53.1 Å². The van der Waals surface area contributed by atoms with Gasteiger partial charge in [-0.1, -0.05) is 12.8 Å². The van der Waals surface area contributed by atoms with E-state index in [4.69, 9.17) is 0 Å². The molecule has 7 heteroatoms. The summed E-state index contributed by atoms with van der Waals surface area (Å²) in [5, 5.41) is 14.7. The molecule has 0 saturated carbocycles. The van der Waals surface area contributed by atoms with E-state index in [2.05, 4.69) is 10.6 Å². The number of carbonyl (C=O) groups excluding carboxylic acids is 2. The first-order chi connectivity index (χ1) is 9.58. The van der Waals surface area contributed by atoms with Crippen molar-refractivity contribution in [3.05, 3.63) is 0 Å². The maximum atomic E-state index is 12.1. The molecule has 2 saturated heterocycles. The lowest BCUT2D eigenvalue weighted by Gasteiger charge is -2.27. The fraction of sp³-hybridized carbons (Fsp3) is 0.769. The Labute approximate surface area is 117 Å². The van der Waals surface area contributed by atoms with Crippen LogP contribution in [-0.2, 0) is 9.59 Å². The molecule has 112 valence electrons. The number of hydrogen-bond donors (Lipinski definition) is 3. The van der Waals surface area contributed by atoms with Gasteiger partial charge in [-0.25, -0.2) is 9.59 Å². The molecule has 3 N–H and O–H groups in total. The van der Waals surface area contributed by atoms with E-state index in [0.717, 1.165) is 19.3 Å². The fourth-order valence-electron chi connectivity index (χ4n) is 2.75. The second kappa shape index (κ2) is 6.58. The molecule has 2 rings (SSSR count). The van der Waals surface area contributed by atoms with Crippen LogP contribution in [0.3, 0.4) is 0 Å². The molecular formula is C13H21N3O4. The zero-order valence-corrected chi connectivity index (χ0v) is 11.4. The van der Waals surface area contributed by atoms with Gasteiger partial charge in [-0.2, -0.15) is 0 Å². The minimum absolute atomic E-state index is 0.00225. The van der Waals surface area contributed by atoms with Crippen molar-refractivity contribution in [1.82, 2.24) is 15.5 Å². The molecule has 3 amide bonds. The molecule has 2 heterocycles. The SMILES string of the molecule is O=C1CCC(CNC(=O)N2CCCCCC2C(=O)O)N1. The average molecular weight is 283 g/mol. The number of carboxylic acids is 1. The molecule has 0 spiro atoms. The van der Waals surface area contributed by atoms with Gasteiger partial charge in [0.15, 0.2) is 0 Å². The summed E-state index contributed by atoms with van der Waals surface area (Å²) >= 11 is 0. The Kier molecular flexibility index (Phi) is 4.81. The maximum absolute atomic E-state index is 12.1. The minimum Gasteiger partial charge on any atom is -0.480 e. The van der Waals surface area contributed by atoms with Crippen LogP contribution in [0, 0.1) is 0 Å². The quantitative estimate of drug-likeness (QED) is 0.694. The number of carbonyl (C=O) groups is 3. The summed E-state index contributed by atoms with van der Waals surface area (Å²) in [4.78, 5) is 35.9. The number of aliphatic carboxylic acids is 1. The number of nitrogens with zero attached hydrogens (tertiary/aromatic N) is 1. The second-order valence-electron chi connectivity index (χ2n) is 5.39. The van der Waals surface area contributed by atoms with Crippen LogP contribution in [0.2, 0.25) is 0 Å². The van der Waals surface area contributed by atoms with Crippen LogP contribution in [0.25, 0.3) is 0 Å². The summed E-state index contributed by atoms with van der Waals surface area (Å²) in [6, 6.07) is -1.13. The molecule has 2 atom stereocenters. The summed E-state index contributed by atoms with van der Waals surface area (Å²) in [5.41, 5.74) is 0. The first kappa shape index (κ1) is 14.6. The van der Waals surface area contributed by atoms with Gasteiger partial charge in [0.25, 0.3) is 0 Å². The Morgan fingerprint density at radius 3 is 2.75 bits per heavy atom. The summed E-state index contributed by atoms with van der Waals surface area (Å²) in [5.74, 6) is -0.946. The average Bonchev–Trinajstić information content (AvgIpc) is 2.68. The van der Waals surface area contributed by atoms with Gasteiger partial charge in [0.2, 0.25) is 5.91 Å². The number of amides is 3. The molecule has 0 aromatic heterocycles. The highest BCUT2D eigenvalue weighted by atomic mass is 16.4. The third-order valence-electron chi connectivity index (χ3n) is 3.88. The summed E-state index contributed by atoms with van der Waals surface area (Å²) < 4.78 is 0. The van der Waals surface area contributed by atoms with Gasteiger partial charge >= 0.3 is 12.0 Å². The Hall–Kier alpha value is -1.79. The highest BCUT2D eigenvalue weighted by molar-refractivity contribution is 5.83. The molecule has 0 radical (unpaired) electrons. The van der Waals surface area contributed by atoms with Crippen molar-refractivity contribution in [1.29, 1.82) is 0 Å². The van der Waals surface area contributed by atoms with E-state index in [0.29, 0.717) is 32.4 Å². The highest BCUT2D eigenvalue weighted by Gasteiger charge is 2.31. The molecule has 0 aliphatic carbocycles. The summed E-state index contributed by atoms with van der Waals surface area (Å²) in [6.07, 6.45) is 4.31. The third kappa shape index (κ3) is 3.61. The predicted octanol–water partition coefficient (Wildman–Crippen LogP) is 0.304. The van der Waals surface area contributed by atoms with Crippen molar-refractivity contribution in [3.8, 4) is 0 Å². The number of hydrogen-bond acceptors (Lipinski definition) is 3. The molecule has 2 aliphatic heterocycles. The first-order valence-corrected chi connectivity index (χ1v) is 7.14. The van der Waals surface area contributed by atoms with E-state index in [1.807, 2.05) is 0 Å².